The van der Waals surface area contributed by atoms with Crippen LogP contribution in [0.25, 0.3) is 0 Å². The number of phenolic OH excluding ortho intramolecular Hbond substituents is 1. The number of hydrogen-bond donors (Lipinski definition) is 3. The number of aliphatic imine (C=N–C) groups is 1. The minimum atomic E-state index is -0.614. The Morgan fingerprint density at radius 3 is 2.74 bits per heavy atom. The molecule has 0 radical (unpaired) electrons. The molecule has 0 aromatic heterocycles. The van der Waals surface area contributed by atoms with Gasteiger partial charge in [0, 0.05) is 13.1 Å². The van der Waals surface area contributed by atoms with E-state index in [0.717, 1.165) is 37.5 Å². The average molecular weight is 267 g/mol. The van der Waals surface area contributed by atoms with Crippen LogP contribution in [-0.4, -0.2) is 24.2 Å². The molecule has 0 heterocycles. The van der Waals surface area contributed by atoms with E-state index in [1.165, 1.54) is 12.1 Å². The molecule has 0 unspecified atom stereocenters. The third-order valence-electron chi connectivity index (χ3n) is 2.60. The highest BCUT2D eigenvalue weighted by Crippen LogP contribution is 2.16. The van der Waals surface area contributed by atoms with Crippen molar-refractivity contribution < 1.29 is 9.50 Å². The van der Waals surface area contributed by atoms with E-state index in [0.29, 0.717) is 6.54 Å². The van der Waals surface area contributed by atoms with Crippen molar-refractivity contribution >= 4 is 5.96 Å². The monoisotopic (exact) mass is 267 g/mol. The summed E-state index contributed by atoms with van der Waals surface area (Å²) in [6.45, 7) is 6.15. The molecule has 5 heteroatoms. The predicted octanol–water partition coefficient (Wildman–Crippen LogP) is 2.39. The lowest BCUT2D eigenvalue weighted by molar-refractivity contribution is 0.432. The summed E-state index contributed by atoms with van der Waals surface area (Å²) in [5, 5.41) is 15.5. The number of hydrogen-bond acceptors (Lipinski definition) is 2. The number of nitrogens with zero attached hydrogens (tertiary/aromatic N) is 1. The zero-order valence-electron chi connectivity index (χ0n) is 11.5. The lowest BCUT2D eigenvalue weighted by atomic mass is 10.2. The van der Waals surface area contributed by atoms with Crippen LogP contribution in [0.1, 0.15) is 32.3 Å². The zero-order chi connectivity index (χ0) is 14.1. The number of unbranched alkanes of at least 4 members (excludes halogenated alkanes) is 1. The van der Waals surface area contributed by atoms with Crippen molar-refractivity contribution in [1.82, 2.24) is 10.6 Å². The third kappa shape index (κ3) is 5.59. The van der Waals surface area contributed by atoms with Gasteiger partial charge in [-0.3, -0.25) is 0 Å². The fourth-order valence-electron chi connectivity index (χ4n) is 1.54. The van der Waals surface area contributed by atoms with Crippen molar-refractivity contribution in [3.63, 3.8) is 0 Å². The van der Waals surface area contributed by atoms with Gasteiger partial charge < -0.3 is 15.7 Å². The fraction of sp³-hybridized carbons (Fsp3) is 0.500. The van der Waals surface area contributed by atoms with Crippen molar-refractivity contribution in [2.75, 3.05) is 13.1 Å². The number of guanidine groups is 1. The van der Waals surface area contributed by atoms with Gasteiger partial charge in [-0.1, -0.05) is 19.4 Å². The Morgan fingerprint density at radius 1 is 1.32 bits per heavy atom. The van der Waals surface area contributed by atoms with E-state index < -0.39 is 5.82 Å². The second kappa shape index (κ2) is 8.34. The van der Waals surface area contributed by atoms with Crippen LogP contribution in [0.5, 0.6) is 5.75 Å². The number of benzene rings is 1. The van der Waals surface area contributed by atoms with Gasteiger partial charge in [0.05, 0.1) is 6.54 Å². The third-order valence-corrected chi connectivity index (χ3v) is 2.60. The Labute approximate surface area is 113 Å². The van der Waals surface area contributed by atoms with Gasteiger partial charge >= 0.3 is 0 Å². The molecule has 0 aliphatic rings. The molecular weight excluding hydrogens is 245 g/mol. The minimum absolute atomic E-state index is 0.333. The Balaban J connectivity index is 2.60. The molecule has 1 aromatic carbocycles. The molecule has 0 fully saturated rings. The molecule has 4 nitrogen and oxygen atoms in total. The molecule has 0 amide bonds. The summed E-state index contributed by atoms with van der Waals surface area (Å²) >= 11 is 0. The summed E-state index contributed by atoms with van der Waals surface area (Å²) in [5.74, 6) is -0.221. The standard InChI is InChI=1S/C14H22FN3O/c1-3-5-8-17-14(16-4-2)18-10-11-6-7-13(19)12(15)9-11/h6-7,9,19H,3-5,8,10H2,1-2H3,(H2,16,17,18). The van der Waals surface area contributed by atoms with Gasteiger partial charge in [0.15, 0.2) is 17.5 Å². The molecule has 0 atom stereocenters. The van der Waals surface area contributed by atoms with Crippen LogP contribution in [0, 0.1) is 5.82 Å². The number of nitrogens with one attached hydrogen (secondary N) is 2. The van der Waals surface area contributed by atoms with Crippen molar-refractivity contribution in [1.29, 1.82) is 0 Å². The van der Waals surface area contributed by atoms with Crippen LogP contribution in [0.4, 0.5) is 4.39 Å². The Kier molecular flexibility index (Phi) is 6.71. The molecule has 0 bridgehead atoms. The number of halogens is 1. The van der Waals surface area contributed by atoms with E-state index in [1.54, 1.807) is 6.07 Å². The first kappa shape index (κ1) is 15.3. The van der Waals surface area contributed by atoms with Crippen LogP contribution in [0.15, 0.2) is 23.2 Å². The molecule has 19 heavy (non-hydrogen) atoms. The maximum Gasteiger partial charge on any atom is 0.191 e. The van der Waals surface area contributed by atoms with E-state index in [4.69, 9.17) is 5.11 Å². The normalized spacial score (nSPS) is 11.4. The highest BCUT2D eigenvalue weighted by molar-refractivity contribution is 5.79. The molecule has 0 aliphatic heterocycles. The van der Waals surface area contributed by atoms with Crippen molar-refractivity contribution in [2.45, 2.75) is 33.2 Å². The van der Waals surface area contributed by atoms with Gasteiger partial charge in [-0.25, -0.2) is 9.38 Å². The summed E-state index contributed by atoms with van der Waals surface area (Å²) in [6.07, 6.45) is 2.20. The summed E-state index contributed by atoms with van der Waals surface area (Å²) in [4.78, 5) is 4.37. The van der Waals surface area contributed by atoms with Gasteiger partial charge in [0.1, 0.15) is 0 Å². The lowest BCUT2D eigenvalue weighted by Crippen LogP contribution is -2.37. The second-order valence-corrected chi connectivity index (χ2v) is 4.26. The highest BCUT2D eigenvalue weighted by atomic mass is 19.1. The van der Waals surface area contributed by atoms with Gasteiger partial charge in [-0.15, -0.1) is 0 Å². The van der Waals surface area contributed by atoms with Gasteiger partial charge in [-0.05, 0) is 31.0 Å². The molecular formula is C14H22FN3O. The predicted molar refractivity (Wildman–Crippen MR) is 75.8 cm³/mol. The molecule has 0 spiro atoms. The Bertz CT molecular complexity index is 421. The number of rotatable bonds is 6. The minimum Gasteiger partial charge on any atom is -0.505 e. The van der Waals surface area contributed by atoms with Crippen LogP contribution in [-0.2, 0) is 6.54 Å². The first-order valence-corrected chi connectivity index (χ1v) is 6.67. The molecule has 0 aliphatic carbocycles. The topological polar surface area (TPSA) is 56.7 Å². The molecule has 1 aromatic rings. The quantitative estimate of drug-likeness (QED) is 0.421. The SMILES string of the molecule is CCCCNC(=NCc1ccc(O)c(F)c1)NCC. The smallest absolute Gasteiger partial charge is 0.191 e. The van der Waals surface area contributed by atoms with Crippen LogP contribution in [0.2, 0.25) is 0 Å². The average Bonchev–Trinajstić information content (AvgIpc) is 2.40. The van der Waals surface area contributed by atoms with Crippen molar-refractivity contribution in [2.24, 2.45) is 4.99 Å². The summed E-state index contributed by atoms with van der Waals surface area (Å²) in [6, 6.07) is 4.31. The molecule has 3 N–H and O–H groups in total. The first-order valence-electron chi connectivity index (χ1n) is 6.67. The van der Waals surface area contributed by atoms with E-state index in [-0.39, 0.29) is 5.75 Å². The van der Waals surface area contributed by atoms with Crippen LogP contribution >= 0.6 is 0 Å². The fourth-order valence-corrected chi connectivity index (χ4v) is 1.54. The van der Waals surface area contributed by atoms with E-state index >= 15 is 0 Å². The number of aromatic hydroxyl groups is 1. The van der Waals surface area contributed by atoms with Gasteiger partial charge in [0.2, 0.25) is 0 Å². The first-order chi connectivity index (χ1) is 9.17. The van der Waals surface area contributed by atoms with E-state index in [9.17, 15) is 4.39 Å². The highest BCUT2D eigenvalue weighted by Gasteiger charge is 2.02. The maximum atomic E-state index is 13.2. The summed E-state index contributed by atoms with van der Waals surface area (Å²) in [7, 11) is 0. The Morgan fingerprint density at radius 2 is 2.11 bits per heavy atom. The molecule has 0 saturated carbocycles. The summed E-state index contributed by atoms with van der Waals surface area (Å²) in [5.41, 5.74) is 0.725. The van der Waals surface area contributed by atoms with E-state index in [2.05, 4.69) is 22.5 Å². The van der Waals surface area contributed by atoms with Crippen molar-refractivity contribution in [3.8, 4) is 5.75 Å². The second-order valence-electron chi connectivity index (χ2n) is 4.26. The van der Waals surface area contributed by atoms with Gasteiger partial charge in [0.25, 0.3) is 0 Å². The number of phenols is 1. The molecule has 106 valence electrons. The van der Waals surface area contributed by atoms with E-state index in [1.807, 2.05) is 6.92 Å². The molecule has 0 saturated heterocycles. The van der Waals surface area contributed by atoms with Crippen LogP contribution in [0.3, 0.4) is 0 Å². The Hall–Kier alpha value is -1.78. The largest absolute Gasteiger partial charge is 0.505 e. The van der Waals surface area contributed by atoms with Crippen LogP contribution < -0.4 is 10.6 Å². The van der Waals surface area contributed by atoms with Crippen molar-refractivity contribution in [3.05, 3.63) is 29.6 Å². The molecule has 1 rings (SSSR count). The maximum absolute atomic E-state index is 13.2. The lowest BCUT2D eigenvalue weighted by Gasteiger charge is -2.10. The zero-order valence-corrected chi connectivity index (χ0v) is 11.5. The van der Waals surface area contributed by atoms with Gasteiger partial charge in [-0.2, -0.15) is 0 Å². The summed E-state index contributed by atoms with van der Waals surface area (Å²) < 4.78 is 13.2.